The summed E-state index contributed by atoms with van der Waals surface area (Å²) in [6, 6.07) is 0. The van der Waals surface area contributed by atoms with Crippen LogP contribution in [0, 0.1) is 0 Å². The van der Waals surface area contributed by atoms with Gasteiger partial charge in [0.2, 0.25) is 0 Å². The first kappa shape index (κ1) is 4.86. The molecule has 22 valence electrons. The van der Waals surface area contributed by atoms with Gasteiger partial charge in [0.1, 0.15) is 0 Å². The van der Waals surface area contributed by atoms with Crippen LogP contribution in [0.1, 0.15) is 0 Å². The zero-order valence-corrected chi connectivity index (χ0v) is 6.06. The van der Waals surface area contributed by atoms with Crippen molar-refractivity contribution in [3.8, 4) is 0 Å². The first-order valence-corrected chi connectivity index (χ1v) is 8.69. The van der Waals surface area contributed by atoms with E-state index in [1.165, 1.54) is 0 Å². The molecule has 0 bridgehead atoms. The van der Waals surface area contributed by atoms with Gasteiger partial charge in [-0.1, -0.05) is 0 Å². The van der Waals surface area contributed by atoms with Crippen molar-refractivity contribution in [3.63, 3.8) is 0 Å². The van der Waals surface area contributed by atoms with Crippen LogP contribution in [-0.2, 0) is 0 Å². The minimum atomic E-state index is 0.448. The molecule has 2 heteroatoms. The number of rotatable bonds is 1. The Labute approximate surface area is 37.3 Å². The molecule has 0 nitrogen and oxygen atoms in total. The Balaban J connectivity index is 2.73. The van der Waals surface area contributed by atoms with E-state index in [1.54, 1.807) is 0 Å². The molecule has 0 aliphatic heterocycles. The molecule has 0 aliphatic carbocycles. The third kappa shape index (κ3) is 2.86. The minimum absolute atomic E-state index is 0.448. The summed E-state index contributed by atoms with van der Waals surface area (Å²) < 4.78 is 0. The quantitative estimate of drug-likeness (QED) is 0.460. The van der Waals surface area contributed by atoms with Crippen molar-refractivity contribution in [2.45, 2.75) is 0 Å². The summed E-state index contributed by atoms with van der Waals surface area (Å²) in [6.07, 6.45) is 0. The second-order valence-corrected chi connectivity index (χ2v) is 7.64. The van der Waals surface area contributed by atoms with E-state index in [4.69, 9.17) is 0 Å². The summed E-state index contributed by atoms with van der Waals surface area (Å²) in [5, 5.41) is 7.35. The van der Waals surface area contributed by atoms with E-state index in [0.717, 1.165) is 0 Å². The molecular formula is C2H4As2. The average molecular weight is 178 g/mol. The molecule has 0 aromatic heterocycles. The molecule has 0 saturated carbocycles. The molecule has 0 aromatic carbocycles. The first-order chi connectivity index (χ1) is 1.91. The van der Waals surface area contributed by atoms with Crippen LogP contribution in [0.3, 0.4) is 0 Å². The molecule has 0 N–H and O–H groups in total. The summed E-state index contributed by atoms with van der Waals surface area (Å²) in [7, 11) is 0. The molecule has 0 aromatic rings. The fourth-order valence-corrected chi connectivity index (χ4v) is 0. The second kappa shape index (κ2) is 3.86. The second-order valence-electron chi connectivity index (χ2n) is 0.283. The predicted molar refractivity (Wildman–Crippen MR) is 25.7 cm³/mol. The monoisotopic (exact) mass is 178 g/mol. The van der Waals surface area contributed by atoms with Gasteiger partial charge in [-0.05, 0) is 0 Å². The summed E-state index contributed by atoms with van der Waals surface area (Å²) in [6.45, 7) is 0. The topological polar surface area (TPSA) is 0 Å². The van der Waals surface area contributed by atoms with Crippen molar-refractivity contribution in [1.29, 1.82) is 0 Å². The van der Waals surface area contributed by atoms with Crippen LogP contribution >= 0.6 is 0 Å². The third-order valence-electron chi connectivity index (χ3n) is 0.1000. The van der Waals surface area contributed by atoms with Gasteiger partial charge in [0.05, 0.1) is 0 Å². The third-order valence-corrected chi connectivity index (χ3v) is 2.70. The van der Waals surface area contributed by atoms with Crippen LogP contribution in [0.2, 0.25) is 0 Å². The van der Waals surface area contributed by atoms with Gasteiger partial charge in [-0.15, -0.1) is 0 Å². The number of hydrogen-bond donors (Lipinski definition) is 0. The Morgan fingerprint density at radius 3 is 1.25 bits per heavy atom. The maximum absolute atomic E-state index is 3.68. The summed E-state index contributed by atoms with van der Waals surface area (Å²) in [5.74, 6) is 0. The van der Waals surface area contributed by atoms with E-state index in [2.05, 4.69) is 10.6 Å². The van der Waals surface area contributed by atoms with Crippen LogP contribution < -0.4 is 0 Å². The van der Waals surface area contributed by atoms with E-state index >= 15 is 0 Å². The van der Waals surface area contributed by atoms with Crippen LogP contribution in [0.5, 0.6) is 0 Å². The fourth-order valence-electron chi connectivity index (χ4n) is 0. The molecular weight excluding hydrogens is 174 g/mol. The Morgan fingerprint density at radius 1 is 1.00 bits per heavy atom. The van der Waals surface area contributed by atoms with Gasteiger partial charge in [0, 0.05) is 0 Å². The standard InChI is InChI=1S/C2H4As2/c1-3-4-2/h1-2H2. The molecule has 0 spiro atoms. The van der Waals surface area contributed by atoms with Crippen molar-refractivity contribution in [2.75, 3.05) is 0 Å². The molecule has 0 unspecified atom stereocenters. The van der Waals surface area contributed by atoms with E-state index in [0.29, 0.717) is 26.5 Å². The van der Waals surface area contributed by atoms with Crippen molar-refractivity contribution in [1.82, 2.24) is 0 Å². The molecule has 0 amide bonds. The Bertz CT molecular complexity index is 25.0. The molecule has 0 heterocycles. The van der Waals surface area contributed by atoms with Gasteiger partial charge in [0.15, 0.2) is 0 Å². The molecule has 0 radical (unpaired) electrons. The van der Waals surface area contributed by atoms with E-state index < -0.39 is 0 Å². The fraction of sp³-hybridized carbons (Fsp3) is 0. The molecule has 0 rings (SSSR count). The van der Waals surface area contributed by atoms with Crippen molar-refractivity contribution in [2.24, 2.45) is 0 Å². The summed E-state index contributed by atoms with van der Waals surface area (Å²) in [4.78, 5) is 0. The average Bonchev–Trinajstić information content (AvgIpc) is 1.37. The van der Waals surface area contributed by atoms with Crippen molar-refractivity contribution < 1.29 is 0 Å². The van der Waals surface area contributed by atoms with Gasteiger partial charge >= 0.3 is 37.1 Å². The summed E-state index contributed by atoms with van der Waals surface area (Å²) >= 11 is 0.896. The van der Waals surface area contributed by atoms with E-state index in [9.17, 15) is 0 Å². The van der Waals surface area contributed by atoms with Gasteiger partial charge in [-0.2, -0.15) is 0 Å². The van der Waals surface area contributed by atoms with Crippen LogP contribution in [0.4, 0.5) is 0 Å². The molecule has 0 aliphatic rings. The molecule has 0 saturated heterocycles. The van der Waals surface area contributed by atoms with Gasteiger partial charge < -0.3 is 0 Å². The number of hydrogen-bond acceptors (Lipinski definition) is 0. The summed E-state index contributed by atoms with van der Waals surface area (Å²) in [5.41, 5.74) is 0. The first-order valence-electron chi connectivity index (χ1n) is 0.832. The predicted octanol–water partition coefficient (Wildman–Crippen LogP) is -0.826. The van der Waals surface area contributed by atoms with E-state index in [-0.39, 0.29) is 0 Å². The molecule has 0 atom stereocenters. The Kier molecular flexibility index (Phi) is 4.68. The Hall–Kier alpha value is 0.857. The molecule has 4 heavy (non-hydrogen) atoms. The zero-order chi connectivity index (χ0) is 3.41. The van der Waals surface area contributed by atoms with Gasteiger partial charge in [-0.3, -0.25) is 0 Å². The van der Waals surface area contributed by atoms with Crippen molar-refractivity contribution in [3.05, 3.63) is 0 Å². The maximum atomic E-state index is 3.68. The van der Waals surface area contributed by atoms with Crippen LogP contribution in [0.15, 0.2) is 0 Å². The SMILES string of the molecule is C=[As][As]=C. The Morgan fingerprint density at radius 2 is 1.25 bits per heavy atom. The van der Waals surface area contributed by atoms with Crippen molar-refractivity contribution >= 4 is 37.1 Å². The van der Waals surface area contributed by atoms with E-state index in [1.807, 2.05) is 0 Å². The van der Waals surface area contributed by atoms with Crippen LogP contribution in [0.25, 0.3) is 0 Å². The molecule has 0 fully saturated rings. The zero-order valence-electron chi connectivity index (χ0n) is 2.31. The van der Waals surface area contributed by atoms with Crippen LogP contribution in [-0.4, -0.2) is 37.1 Å². The van der Waals surface area contributed by atoms with Gasteiger partial charge in [-0.25, -0.2) is 0 Å². The normalized spacial score (nSPS) is 9.00. The van der Waals surface area contributed by atoms with Gasteiger partial charge in [0.25, 0.3) is 0 Å².